The lowest BCUT2D eigenvalue weighted by atomic mass is 10.1. The van der Waals surface area contributed by atoms with Crippen molar-refractivity contribution < 1.29 is 32.2 Å². The molecule has 5 nitrogen and oxygen atoms in total. The summed E-state index contributed by atoms with van der Waals surface area (Å²) >= 11 is 5.59. The fraction of sp³-hybridized carbons (Fsp3) is 0.214. The third-order valence-corrected chi connectivity index (χ3v) is 3.49. The zero-order chi connectivity index (χ0) is 18.2. The highest BCUT2D eigenvalue weighted by Gasteiger charge is 2.38. The summed E-state index contributed by atoms with van der Waals surface area (Å²) < 4.78 is 57.1. The molecule has 0 atom stereocenters. The molecule has 0 radical (unpaired) electrons. The van der Waals surface area contributed by atoms with Crippen molar-refractivity contribution in [1.82, 2.24) is 9.97 Å². The number of carboxylic acid groups (broad SMARTS) is 1. The van der Waals surface area contributed by atoms with Gasteiger partial charge in [-0.15, -0.1) is 0 Å². The van der Waals surface area contributed by atoms with Gasteiger partial charge in [0.1, 0.15) is 5.56 Å². The first-order valence-corrected chi connectivity index (χ1v) is 6.71. The van der Waals surface area contributed by atoms with E-state index in [-0.39, 0.29) is 17.0 Å². The molecule has 0 bridgehead atoms. The minimum absolute atomic E-state index is 0.00861. The van der Waals surface area contributed by atoms with Crippen LogP contribution in [0.1, 0.15) is 27.3 Å². The summed E-state index contributed by atoms with van der Waals surface area (Å²) in [5, 5.41) is 8.39. The van der Waals surface area contributed by atoms with Crippen molar-refractivity contribution in [2.75, 3.05) is 0 Å². The van der Waals surface area contributed by atoms with Crippen LogP contribution in [0.15, 0.2) is 12.1 Å². The number of carboxylic acids is 1. The topological polar surface area (TPSA) is 72.3 Å². The van der Waals surface area contributed by atoms with Gasteiger partial charge in [-0.1, -0.05) is 11.6 Å². The van der Waals surface area contributed by atoms with Gasteiger partial charge in [0.25, 0.3) is 0 Å². The van der Waals surface area contributed by atoms with Crippen LogP contribution >= 0.6 is 11.6 Å². The highest BCUT2D eigenvalue weighted by Crippen LogP contribution is 2.39. The van der Waals surface area contributed by atoms with E-state index in [1.807, 2.05) is 0 Å². The van der Waals surface area contributed by atoms with Crippen LogP contribution < -0.4 is 4.74 Å². The van der Waals surface area contributed by atoms with Crippen molar-refractivity contribution >= 4 is 17.6 Å². The molecule has 1 N–H and O–H groups in total. The number of halogens is 5. The van der Waals surface area contributed by atoms with Crippen LogP contribution in [0, 0.1) is 19.8 Å². The molecule has 0 aliphatic heterocycles. The molecule has 2 heterocycles. The molecule has 0 aromatic carbocycles. The predicted molar refractivity (Wildman–Crippen MR) is 75.0 cm³/mol. The smallest absolute Gasteiger partial charge is 0.434 e. The van der Waals surface area contributed by atoms with Crippen LogP contribution in [0.25, 0.3) is 0 Å². The second kappa shape index (κ2) is 6.23. The molecule has 0 unspecified atom stereocenters. The van der Waals surface area contributed by atoms with Crippen molar-refractivity contribution in [3.8, 4) is 11.6 Å². The minimum atomic E-state index is -4.91. The second-order valence-corrected chi connectivity index (χ2v) is 5.08. The maximum Gasteiger partial charge on any atom is 0.434 e. The molecule has 0 saturated heterocycles. The van der Waals surface area contributed by atoms with Crippen molar-refractivity contribution in [3.05, 3.63) is 45.6 Å². The predicted octanol–water partition coefficient (Wildman–Crippen LogP) is 4.40. The van der Waals surface area contributed by atoms with Gasteiger partial charge in [0, 0.05) is 0 Å². The molecular formula is C14H9ClF4N2O3. The molecule has 2 rings (SSSR count). The van der Waals surface area contributed by atoms with E-state index >= 15 is 0 Å². The number of aromatic carboxylic acids is 1. The van der Waals surface area contributed by atoms with Crippen LogP contribution in [0.3, 0.4) is 0 Å². The van der Waals surface area contributed by atoms with E-state index in [1.54, 1.807) is 0 Å². The molecule has 2 aromatic rings. The second-order valence-electron chi connectivity index (χ2n) is 4.70. The zero-order valence-corrected chi connectivity index (χ0v) is 13.0. The molecule has 0 fully saturated rings. The molecule has 128 valence electrons. The molecule has 0 spiro atoms. The Bertz CT molecular complexity index is 825. The van der Waals surface area contributed by atoms with Gasteiger partial charge in [-0.3, -0.25) is 0 Å². The lowest BCUT2D eigenvalue weighted by Gasteiger charge is -2.16. The van der Waals surface area contributed by atoms with E-state index in [2.05, 4.69) is 9.97 Å². The SMILES string of the molecule is Cc1nc(F)ccc1Oc1nc(C(F)(F)F)c(Cl)c(C)c1C(=O)O. The van der Waals surface area contributed by atoms with E-state index in [4.69, 9.17) is 16.3 Å². The van der Waals surface area contributed by atoms with Gasteiger partial charge < -0.3 is 9.84 Å². The van der Waals surface area contributed by atoms with Gasteiger partial charge in [-0.2, -0.15) is 17.6 Å². The number of rotatable bonds is 3. The van der Waals surface area contributed by atoms with Crippen LogP contribution in [0.5, 0.6) is 11.6 Å². The molecule has 0 saturated carbocycles. The number of ether oxygens (including phenoxy) is 1. The Morgan fingerprint density at radius 2 is 1.88 bits per heavy atom. The normalized spacial score (nSPS) is 11.5. The summed E-state index contributed by atoms with van der Waals surface area (Å²) in [5.41, 5.74) is -2.45. The Labute approximate surface area is 137 Å². The van der Waals surface area contributed by atoms with Crippen molar-refractivity contribution in [3.63, 3.8) is 0 Å². The number of aromatic nitrogens is 2. The number of pyridine rings is 2. The van der Waals surface area contributed by atoms with Gasteiger partial charge in [0.05, 0.1) is 10.7 Å². The number of hydrogen-bond acceptors (Lipinski definition) is 4. The van der Waals surface area contributed by atoms with Gasteiger partial charge in [0.2, 0.25) is 11.8 Å². The first-order valence-electron chi connectivity index (χ1n) is 6.34. The molecular weight excluding hydrogens is 356 g/mol. The van der Waals surface area contributed by atoms with E-state index in [0.717, 1.165) is 19.1 Å². The first-order chi connectivity index (χ1) is 11.0. The summed E-state index contributed by atoms with van der Waals surface area (Å²) in [7, 11) is 0. The highest BCUT2D eigenvalue weighted by molar-refractivity contribution is 6.32. The molecule has 0 amide bonds. The molecule has 2 aromatic heterocycles. The van der Waals surface area contributed by atoms with Crippen molar-refractivity contribution in [1.29, 1.82) is 0 Å². The first kappa shape index (κ1) is 17.9. The number of carbonyl (C=O) groups is 1. The lowest BCUT2D eigenvalue weighted by molar-refractivity contribution is -0.141. The van der Waals surface area contributed by atoms with E-state index in [1.165, 1.54) is 6.92 Å². The Morgan fingerprint density at radius 3 is 2.38 bits per heavy atom. The fourth-order valence-corrected chi connectivity index (χ4v) is 2.14. The Balaban J connectivity index is 2.67. The summed E-state index contributed by atoms with van der Waals surface area (Å²) in [6, 6.07) is 2.01. The van der Waals surface area contributed by atoms with Crippen LogP contribution in [0.4, 0.5) is 17.6 Å². The standard InChI is InChI=1S/C14H9ClF4N2O3/c1-5-9(13(22)23)12(21-11(10(5)15)14(17,18)19)24-7-3-4-8(16)20-6(7)2/h3-4H,1-2H3,(H,22,23). The minimum Gasteiger partial charge on any atom is -0.477 e. The van der Waals surface area contributed by atoms with Gasteiger partial charge in [-0.05, 0) is 31.5 Å². The number of alkyl halides is 3. The molecule has 0 aliphatic rings. The summed E-state index contributed by atoms with van der Waals surface area (Å²) in [6.07, 6.45) is -4.91. The third kappa shape index (κ3) is 3.40. The van der Waals surface area contributed by atoms with Crippen molar-refractivity contribution in [2.24, 2.45) is 0 Å². The van der Waals surface area contributed by atoms with E-state index in [0.29, 0.717) is 0 Å². The van der Waals surface area contributed by atoms with Crippen LogP contribution in [-0.2, 0) is 6.18 Å². The van der Waals surface area contributed by atoms with Crippen LogP contribution in [-0.4, -0.2) is 21.0 Å². The average molecular weight is 365 g/mol. The summed E-state index contributed by atoms with van der Waals surface area (Å²) in [6.45, 7) is 2.44. The number of hydrogen-bond donors (Lipinski definition) is 1. The van der Waals surface area contributed by atoms with Gasteiger partial charge in [-0.25, -0.2) is 14.8 Å². The summed E-state index contributed by atoms with van der Waals surface area (Å²) in [5.74, 6) is -3.35. The maximum atomic E-state index is 13.0. The average Bonchev–Trinajstić information content (AvgIpc) is 2.43. The Hall–Kier alpha value is -2.42. The largest absolute Gasteiger partial charge is 0.477 e. The fourth-order valence-electron chi connectivity index (χ4n) is 1.90. The van der Waals surface area contributed by atoms with Crippen LogP contribution in [0.2, 0.25) is 5.02 Å². The quantitative estimate of drug-likeness (QED) is 0.645. The van der Waals surface area contributed by atoms with E-state index < -0.39 is 40.3 Å². The van der Waals surface area contributed by atoms with E-state index in [9.17, 15) is 27.5 Å². The zero-order valence-electron chi connectivity index (χ0n) is 12.2. The Morgan fingerprint density at radius 1 is 1.25 bits per heavy atom. The monoisotopic (exact) mass is 364 g/mol. The Kier molecular flexibility index (Phi) is 4.66. The maximum absolute atomic E-state index is 13.0. The number of aryl methyl sites for hydroxylation is 1. The van der Waals surface area contributed by atoms with Gasteiger partial charge >= 0.3 is 12.1 Å². The van der Waals surface area contributed by atoms with Crippen molar-refractivity contribution in [2.45, 2.75) is 20.0 Å². The molecule has 0 aliphatic carbocycles. The third-order valence-electron chi connectivity index (χ3n) is 3.03. The lowest BCUT2D eigenvalue weighted by Crippen LogP contribution is -2.15. The highest BCUT2D eigenvalue weighted by atomic mass is 35.5. The summed E-state index contributed by atoms with van der Waals surface area (Å²) in [4.78, 5) is 18.0. The van der Waals surface area contributed by atoms with Gasteiger partial charge in [0.15, 0.2) is 11.4 Å². The molecule has 24 heavy (non-hydrogen) atoms. The number of nitrogens with zero attached hydrogens (tertiary/aromatic N) is 2. The molecule has 10 heteroatoms.